The van der Waals surface area contributed by atoms with Crippen molar-refractivity contribution < 1.29 is 36.3 Å². The second kappa shape index (κ2) is 17.9. The number of nitrogens with zero attached hydrogens (tertiary/aromatic N) is 4. The van der Waals surface area contributed by atoms with Crippen LogP contribution in [0.2, 0.25) is 0 Å². The minimum Gasteiger partial charge on any atom is -0.453 e. The third kappa shape index (κ3) is 9.17. The Balaban J connectivity index is 1.05. The normalized spacial score (nSPS) is 25.0. The van der Waals surface area contributed by atoms with Gasteiger partial charge >= 0.3 is 6.09 Å². The molecule has 0 spiro atoms. The van der Waals surface area contributed by atoms with Gasteiger partial charge in [0.1, 0.15) is 5.82 Å². The van der Waals surface area contributed by atoms with Gasteiger partial charge in [-0.05, 0) is 130 Å². The molecule has 15 heteroatoms. The smallest absolute Gasteiger partial charge is 0.407 e. The predicted molar refractivity (Wildman–Crippen MR) is 222 cm³/mol. The van der Waals surface area contributed by atoms with Crippen molar-refractivity contribution in [2.24, 2.45) is 11.8 Å². The van der Waals surface area contributed by atoms with Crippen LogP contribution in [-0.4, -0.2) is 131 Å². The van der Waals surface area contributed by atoms with Crippen molar-refractivity contribution in [2.75, 3.05) is 77.5 Å². The molecule has 4 aliphatic heterocycles. The average Bonchev–Trinajstić information content (AvgIpc) is 3.66. The summed E-state index contributed by atoms with van der Waals surface area (Å²) in [4.78, 5) is 45.5. The van der Waals surface area contributed by atoms with E-state index < -0.39 is 32.3 Å². The molecule has 322 valence electrons. The first-order valence-electron chi connectivity index (χ1n) is 21.3. The second-order valence-corrected chi connectivity index (χ2v) is 19.7. The molecule has 1 aliphatic carbocycles. The molecule has 4 atom stereocenters. The van der Waals surface area contributed by atoms with Crippen molar-refractivity contribution in [2.45, 2.75) is 92.1 Å². The van der Waals surface area contributed by atoms with Gasteiger partial charge in [-0.2, -0.15) is 0 Å². The zero-order valence-electron chi connectivity index (χ0n) is 34.5. The first-order chi connectivity index (χ1) is 28.2. The Morgan fingerprint density at radius 1 is 0.966 bits per heavy atom. The Morgan fingerprint density at radius 2 is 1.73 bits per heavy atom. The number of piperidine rings is 2. The summed E-state index contributed by atoms with van der Waals surface area (Å²) in [6, 6.07) is 11.8. The molecule has 5 fully saturated rings. The largest absolute Gasteiger partial charge is 0.453 e. The Kier molecular flexibility index (Phi) is 13.0. The number of alkyl halides is 1. The van der Waals surface area contributed by atoms with Gasteiger partial charge in [-0.15, -0.1) is 0 Å². The van der Waals surface area contributed by atoms with Gasteiger partial charge in [0.05, 0.1) is 30.3 Å². The van der Waals surface area contributed by atoms with Gasteiger partial charge in [-0.3, -0.25) is 19.4 Å². The van der Waals surface area contributed by atoms with E-state index in [-0.39, 0.29) is 68.2 Å². The lowest BCUT2D eigenvalue weighted by molar-refractivity contribution is -0.126. The number of carbonyl (C=O) groups excluding carboxylic acids is 3. The first-order valence-corrected chi connectivity index (χ1v) is 22.8. The summed E-state index contributed by atoms with van der Waals surface area (Å²) in [5, 5.41) is 5.41. The van der Waals surface area contributed by atoms with Crippen molar-refractivity contribution in [3.05, 3.63) is 72.1 Å². The zero-order chi connectivity index (χ0) is 42.0. The van der Waals surface area contributed by atoms with E-state index in [1.165, 1.54) is 26.2 Å². The van der Waals surface area contributed by atoms with E-state index in [1.807, 2.05) is 17.0 Å². The summed E-state index contributed by atoms with van der Waals surface area (Å²) in [6.45, 7) is 10.1. The Hall–Kier alpha value is -4.08. The summed E-state index contributed by atoms with van der Waals surface area (Å²) in [6.07, 6.45) is 6.66. The number of amides is 3. The molecular formula is C44H60F2N6O6S. The lowest BCUT2D eigenvalue weighted by Gasteiger charge is -2.52. The first kappa shape index (κ1) is 43.0. The van der Waals surface area contributed by atoms with Crippen molar-refractivity contribution in [3.8, 4) is 0 Å². The van der Waals surface area contributed by atoms with Crippen LogP contribution in [0.25, 0.3) is 0 Å². The number of anilines is 1. The fourth-order valence-corrected chi connectivity index (χ4v) is 12.7. The molecular weight excluding hydrogens is 779 g/mol. The van der Waals surface area contributed by atoms with Crippen LogP contribution in [0, 0.1) is 17.7 Å². The van der Waals surface area contributed by atoms with Crippen LogP contribution in [-0.2, 0) is 36.1 Å². The van der Waals surface area contributed by atoms with Crippen molar-refractivity contribution in [3.63, 3.8) is 0 Å². The van der Waals surface area contributed by atoms with Crippen LogP contribution < -0.4 is 15.5 Å². The molecule has 2 aromatic carbocycles. The monoisotopic (exact) mass is 838 g/mol. The standard InChI is InChI=1S/C44H60F2N6O6S/c1-4-41(54)51-20-7-11-37(26-51)59(56,57)40-15-14-36(23-32(40)25-49-18-8-19-49)52-29-43(46,30-52)28-50-21-16-33(17-22-50)44(27-47-31(2)53,34-9-5-10-35(45)24-34)38-12-6-13-39(38)48-42(55)58-3/h4-5,9-10,14-15,23-24,33,37-39H,1,6-8,11-13,16-22,25-30H2,2-3H3,(H,47,53)(H,48,55)/t37?,38-,39-,44-/m0/s1. The van der Waals surface area contributed by atoms with Gasteiger partial charge in [-0.25, -0.2) is 22.0 Å². The van der Waals surface area contributed by atoms with Gasteiger partial charge in [0, 0.05) is 56.8 Å². The maximum atomic E-state index is 16.6. The predicted octanol–water partition coefficient (Wildman–Crippen LogP) is 4.82. The van der Waals surface area contributed by atoms with E-state index in [9.17, 15) is 27.2 Å². The Bertz CT molecular complexity index is 1980. The number of ether oxygens (including phenoxy) is 1. The third-order valence-electron chi connectivity index (χ3n) is 13.8. The molecule has 4 heterocycles. The maximum Gasteiger partial charge on any atom is 0.407 e. The number of hydrogen-bond donors (Lipinski definition) is 2. The number of carbonyl (C=O) groups is 3. The number of sulfone groups is 1. The van der Waals surface area contributed by atoms with Gasteiger partial charge in [0.2, 0.25) is 11.8 Å². The Labute approximate surface area is 347 Å². The molecule has 0 radical (unpaired) electrons. The van der Waals surface area contributed by atoms with Crippen molar-refractivity contribution in [1.82, 2.24) is 25.3 Å². The number of methoxy groups -OCH3 is 1. The highest BCUT2D eigenvalue weighted by Crippen LogP contribution is 2.50. The highest BCUT2D eigenvalue weighted by molar-refractivity contribution is 7.92. The van der Waals surface area contributed by atoms with E-state index in [2.05, 4.69) is 27.0 Å². The minimum absolute atomic E-state index is 0.0182. The average molecular weight is 839 g/mol. The van der Waals surface area contributed by atoms with Gasteiger partial charge < -0.3 is 25.2 Å². The van der Waals surface area contributed by atoms with E-state index in [4.69, 9.17) is 4.74 Å². The number of likely N-dealkylation sites (tertiary alicyclic amines) is 3. The third-order valence-corrected chi connectivity index (χ3v) is 16.1. The number of halogens is 2. The second-order valence-electron chi connectivity index (χ2n) is 17.5. The van der Waals surface area contributed by atoms with E-state index >= 15 is 4.39 Å². The molecule has 0 bridgehead atoms. The number of benzene rings is 2. The van der Waals surface area contributed by atoms with Gasteiger partial charge in [-0.1, -0.05) is 25.1 Å². The van der Waals surface area contributed by atoms with E-state index in [1.54, 1.807) is 29.2 Å². The fourth-order valence-electron chi connectivity index (χ4n) is 10.7. The van der Waals surface area contributed by atoms with Crippen molar-refractivity contribution >= 4 is 33.4 Å². The molecule has 2 N–H and O–H groups in total. The molecule has 1 saturated carbocycles. The van der Waals surface area contributed by atoms with Crippen LogP contribution in [0.5, 0.6) is 0 Å². The molecule has 3 amide bonds. The Morgan fingerprint density at radius 3 is 2.39 bits per heavy atom. The van der Waals surface area contributed by atoms with E-state index in [0.29, 0.717) is 62.3 Å². The summed E-state index contributed by atoms with van der Waals surface area (Å²) in [5.74, 6) is -0.883. The highest BCUT2D eigenvalue weighted by Gasteiger charge is 2.53. The SMILES string of the molecule is C=CC(=O)N1CCCC(S(=O)(=O)c2ccc(N3CC(F)(CN4CCC([C@@](CNC(C)=O)(c5cccc(F)c5)[C@H]5CCC[C@@H]5NC(=O)OC)CC4)C3)cc2CN2CCC2)C1. The molecule has 1 unspecified atom stereocenters. The molecule has 0 aromatic heterocycles. The van der Waals surface area contributed by atoms with E-state index in [0.717, 1.165) is 50.0 Å². The molecule has 4 saturated heterocycles. The van der Waals surface area contributed by atoms with Crippen LogP contribution >= 0.6 is 0 Å². The molecule has 12 nitrogen and oxygen atoms in total. The van der Waals surface area contributed by atoms with Crippen LogP contribution in [0.4, 0.5) is 19.3 Å². The topological polar surface area (TPSA) is 132 Å². The molecule has 59 heavy (non-hydrogen) atoms. The van der Waals surface area contributed by atoms with Crippen LogP contribution in [0.3, 0.4) is 0 Å². The van der Waals surface area contributed by atoms with Crippen LogP contribution in [0.15, 0.2) is 60.0 Å². The van der Waals surface area contributed by atoms with Gasteiger partial charge in [0.15, 0.2) is 15.5 Å². The summed E-state index contributed by atoms with van der Waals surface area (Å²) < 4.78 is 64.8. The van der Waals surface area contributed by atoms with Crippen molar-refractivity contribution in [1.29, 1.82) is 0 Å². The molecule has 5 aliphatic rings. The highest BCUT2D eigenvalue weighted by atomic mass is 32.2. The maximum absolute atomic E-state index is 16.6. The number of rotatable bonds is 14. The number of hydrogen-bond acceptors (Lipinski definition) is 9. The molecule has 7 rings (SSSR count). The van der Waals surface area contributed by atoms with Crippen LogP contribution in [0.1, 0.15) is 69.4 Å². The van der Waals surface area contributed by atoms with Gasteiger partial charge in [0.25, 0.3) is 0 Å². The molecule has 2 aromatic rings. The quantitative estimate of drug-likeness (QED) is 0.257. The zero-order valence-corrected chi connectivity index (χ0v) is 35.3. The summed E-state index contributed by atoms with van der Waals surface area (Å²) in [7, 11) is -2.41. The summed E-state index contributed by atoms with van der Waals surface area (Å²) in [5.41, 5.74) is 0.147. The number of nitrogens with one attached hydrogen (secondary N) is 2. The fraction of sp³-hybridized carbons (Fsp3) is 0.614. The number of alkyl carbamates (subject to hydrolysis) is 1. The lowest BCUT2D eigenvalue weighted by Crippen LogP contribution is -2.65. The lowest BCUT2D eigenvalue weighted by atomic mass is 9.58. The minimum atomic E-state index is -3.75. The summed E-state index contributed by atoms with van der Waals surface area (Å²) >= 11 is 0.